The number of aromatic nitrogens is 2. The lowest BCUT2D eigenvalue weighted by atomic mass is 10.1. The Hall–Kier alpha value is -2.05. The molecule has 3 rings (SSSR count). The standard InChI is InChI=1S/C15H14FN3OS/c1-10(11-5-2-3-6-12(11)16)17-9-14-18-15(19-20-14)13-7-4-8-21-13/h2-8,10,17H,9H2,1H3. The number of nitrogens with one attached hydrogen (secondary N) is 1. The van der Waals surface area contributed by atoms with E-state index in [0.717, 1.165) is 4.88 Å². The molecule has 0 spiro atoms. The second-order valence-electron chi connectivity index (χ2n) is 4.61. The zero-order chi connectivity index (χ0) is 14.7. The summed E-state index contributed by atoms with van der Waals surface area (Å²) in [7, 11) is 0. The van der Waals surface area contributed by atoms with E-state index >= 15 is 0 Å². The van der Waals surface area contributed by atoms with Gasteiger partial charge in [0.15, 0.2) is 0 Å². The van der Waals surface area contributed by atoms with Crippen LogP contribution in [0.5, 0.6) is 0 Å². The molecule has 2 aromatic heterocycles. The minimum absolute atomic E-state index is 0.136. The van der Waals surface area contributed by atoms with Crippen LogP contribution in [0.25, 0.3) is 10.7 Å². The first kappa shape index (κ1) is 13.9. The number of halogens is 1. The lowest BCUT2D eigenvalue weighted by Gasteiger charge is -2.13. The van der Waals surface area contributed by atoms with Crippen LogP contribution in [0.3, 0.4) is 0 Å². The summed E-state index contributed by atoms with van der Waals surface area (Å²) in [6, 6.07) is 10.5. The van der Waals surface area contributed by atoms with Gasteiger partial charge in [-0.25, -0.2) is 4.39 Å². The number of hydrogen-bond acceptors (Lipinski definition) is 5. The first-order chi connectivity index (χ1) is 10.2. The Labute approximate surface area is 125 Å². The van der Waals surface area contributed by atoms with E-state index in [4.69, 9.17) is 4.52 Å². The highest BCUT2D eigenvalue weighted by molar-refractivity contribution is 7.13. The molecule has 0 aliphatic heterocycles. The third-order valence-electron chi connectivity index (χ3n) is 3.14. The lowest BCUT2D eigenvalue weighted by molar-refractivity contribution is 0.359. The molecule has 1 aromatic carbocycles. The minimum atomic E-state index is -0.220. The third-order valence-corrected chi connectivity index (χ3v) is 4.01. The summed E-state index contributed by atoms with van der Waals surface area (Å²) < 4.78 is 18.9. The molecular weight excluding hydrogens is 289 g/mol. The van der Waals surface area contributed by atoms with Crippen LogP contribution in [-0.4, -0.2) is 10.1 Å². The molecule has 1 N–H and O–H groups in total. The van der Waals surface area contributed by atoms with E-state index in [1.807, 2.05) is 30.5 Å². The Bertz CT molecular complexity index is 711. The van der Waals surface area contributed by atoms with Crippen molar-refractivity contribution in [3.8, 4) is 10.7 Å². The fourth-order valence-electron chi connectivity index (χ4n) is 2.01. The number of rotatable bonds is 5. The van der Waals surface area contributed by atoms with Crippen LogP contribution in [0.15, 0.2) is 46.3 Å². The van der Waals surface area contributed by atoms with Gasteiger partial charge in [-0.3, -0.25) is 0 Å². The topological polar surface area (TPSA) is 51.0 Å². The van der Waals surface area contributed by atoms with Crippen molar-refractivity contribution in [1.29, 1.82) is 0 Å². The molecule has 0 fully saturated rings. The van der Waals surface area contributed by atoms with Crippen molar-refractivity contribution >= 4 is 11.3 Å². The van der Waals surface area contributed by atoms with Crippen molar-refractivity contribution in [2.75, 3.05) is 0 Å². The lowest BCUT2D eigenvalue weighted by Crippen LogP contribution is -2.19. The van der Waals surface area contributed by atoms with Crippen LogP contribution in [-0.2, 0) is 6.54 Å². The Balaban J connectivity index is 1.64. The van der Waals surface area contributed by atoms with E-state index in [9.17, 15) is 4.39 Å². The summed E-state index contributed by atoms with van der Waals surface area (Å²) in [5.41, 5.74) is 0.621. The normalized spacial score (nSPS) is 12.5. The van der Waals surface area contributed by atoms with E-state index in [0.29, 0.717) is 23.8 Å². The van der Waals surface area contributed by atoms with E-state index in [-0.39, 0.29) is 11.9 Å². The van der Waals surface area contributed by atoms with Crippen molar-refractivity contribution < 1.29 is 8.91 Å². The van der Waals surface area contributed by atoms with Crippen molar-refractivity contribution in [1.82, 2.24) is 15.5 Å². The van der Waals surface area contributed by atoms with Crippen molar-refractivity contribution in [3.05, 3.63) is 59.0 Å². The Morgan fingerprint density at radius 3 is 2.90 bits per heavy atom. The highest BCUT2D eigenvalue weighted by atomic mass is 32.1. The van der Waals surface area contributed by atoms with Gasteiger partial charge in [0.05, 0.1) is 11.4 Å². The van der Waals surface area contributed by atoms with Crippen LogP contribution in [0, 0.1) is 5.82 Å². The summed E-state index contributed by atoms with van der Waals surface area (Å²) in [6.07, 6.45) is 0. The van der Waals surface area contributed by atoms with Gasteiger partial charge in [0.2, 0.25) is 11.7 Å². The van der Waals surface area contributed by atoms with Crippen molar-refractivity contribution in [2.24, 2.45) is 0 Å². The van der Waals surface area contributed by atoms with Crippen LogP contribution in [0.1, 0.15) is 24.4 Å². The molecule has 2 heterocycles. The number of nitrogens with zero attached hydrogens (tertiary/aromatic N) is 2. The molecular formula is C15H14FN3OS. The third kappa shape index (κ3) is 3.17. The monoisotopic (exact) mass is 303 g/mol. The van der Waals surface area contributed by atoms with Crippen LogP contribution in [0.2, 0.25) is 0 Å². The molecule has 1 atom stereocenters. The predicted molar refractivity (Wildman–Crippen MR) is 79.3 cm³/mol. The van der Waals surface area contributed by atoms with Gasteiger partial charge in [-0.2, -0.15) is 4.98 Å². The van der Waals surface area contributed by atoms with Gasteiger partial charge in [-0.15, -0.1) is 11.3 Å². The molecule has 4 nitrogen and oxygen atoms in total. The zero-order valence-electron chi connectivity index (χ0n) is 11.4. The molecule has 0 bridgehead atoms. The molecule has 108 valence electrons. The SMILES string of the molecule is CC(NCc1nc(-c2cccs2)no1)c1ccccc1F. The summed E-state index contributed by atoms with van der Waals surface area (Å²) >= 11 is 1.56. The van der Waals surface area contributed by atoms with Crippen LogP contribution < -0.4 is 5.32 Å². The number of thiophene rings is 1. The maximum atomic E-state index is 13.7. The summed E-state index contributed by atoms with van der Waals surface area (Å²) in [6.45, 7) is 2.29. The highest BCUT2D eigenvalue weighted by Crippen LogP contribution is 2.21. The van der Waals surface area contributed by atoms with Gasteiger partial charge in [0.25, 0.3) is 0 Å². The molecule has 0 radical (unpaired) electrons. The van der Waals surface area contributed by atoms with Crippen molar-refractivity contribution in [3.63, 3.8) is 0 Å². The first-order valence-corrected chi connectivity index (χ1v) is 7.46. The molecule has 0 aliphatic carbocycles. The van der Waals surface area contributed by atoms with Gasteiger partial charge in [-0.1, -0.05) is 29.4 Å². The maximum absolute atomic E-state index is 13.7. The van der Waals surface area contributed by atoms with E-state index in [1.54, 1.807) is 23.5 Å². The quantitative estimate of drug-likeness (QED) is 0.779. The number of hydrogen-bond donors (Lipinski definition) is 1. The largest absolute Gasteiger partial charge is 0.338 e. The molecule has 0 saturated carbocycles. The van der Waals surface area contributed by atoms with Gasteiger partial charge < -0.3 is 9.84 Å². The van der Waals surface area contributed by atoms with Gasteiger partial charge in [0.1, 0.15) is 5.82 Å². The van der Waals surface area contributed by atoms with Crippen LogP contribution >= 0.6 is 11.3 Å². The molecule has 0 saturated heterocycles. The fourth-order valence-corrected chi connectivity index (χ4v) is 2.66. The maximum Gasteiger partial charge on any atom is 0.240 e. The number of benzene rings is 1. The molecule has 3 aromatic rings. The predicted octanol–water partition coefficient (Wildman–Crippen LogP) is 3.79. The molecule has 21 heavy (non-hydrogen) atoms. The summed E-state index contributed by atoms with van der Waals surface area (Å²) in [5, 5.41) is 9.08. The molecule has 1 unspecified atom stereocenters. The molecule has 0 amide bonds. The Morgan fingerprint density at radius 2 is 2.14 bits per heavy atom. The second kappa shape index (κ2) is 6.15. The highest BCUT2D eigenvalue weighted by Gasteiger charge is 2.13. The second-order valence-corrected chi connectivity index (χ2v) is 5.56. The zero-order valence-corrected chi connectivity index (χ0v) is 12.2. The van der Waals surface area contributed by atoms with Gasteiger partial charge in [0, 0.05) is 11.6 Å². The fraction of sp³-hybridized carbons (Fsp3) is 0.200. The van der Waals surface area contributed by atoms with Crippen LogP contribution in [0.4, 0.5) is 4.39 Å². The minimum Gasteiger partial charge on any atom is -0.338 e. The smallest absolute Gasteiger partial charge is 0.240 e. The van der Waals surface area contributed by atoms with Crippen molar-refractivity contribution in [2.45, 2.75) is 19.5 Å². The average Bonchev–Trinajstić information content (AvgIpc) is 3.16. The van der Waals surface area contributed by atoms with Gasteiger partial charge in [-0.05, 0) is 24.4 Å². The molecule has 0 aliphatic rings. The van der Waals surface area contributed by atoms with Gasteiger partial charge >= 0.3 is 0 Å². The molecule has 6 heteroatoms. The van der Waals surface area contributed by atoms with E-state index in [1.165, 1.54) is 6.07 Å². The van der Waals surface area contributed by atoms with E-state index in [2.05, 4.69) is 15.5 Å². The Kier molecular flexibility index (Phi) is 4.08. The summed E-state index contributed by atoms with van der Waals surface area (Å²) in [5.74, 6) is 0.851. The first-order valence-electron chi connectivity index (χ1n) is 6.58. The average molecular weight is 303 g/mol. The Morgan fingerprint density at radius 1 is 1.29 bits per heavy atom. The van der Waals surface area contributed by atoms with E-state index < -0.39 is 0 Å². The summed E-state index contributed by atoms with van der Waals surface area (Å²) in [4.78, 5) is 5.28.